The predicted octanol–water partition coefficient (Wildman–Crippen LogP) is 2.21. The number of hydrogen-bond acceptors (Lipinski definition) is 1. The molecule has 11 heavy (non-hydrogen) atoms. The molecule has 62 valence electrons. The van der Waals surface area contributed by atoms with Crippen LogP contribution in [0.4, 0.5) is 0 Å². The molecular weight excluding hydrogens is 140 g/mol. The van der Waals surface area contributed by atoms with E-state index in [2.05, 4.69) is 6.58 Å². The van der Waals surface area contributed by atoms with Crippen molar-refractivity contribution >= 4 is 5.97 Å². The van der Waals surface area contributed by atoms with E-state index in [0.29, 0.717) is 12.3 Å². The van der Waals surface area contributed by atoms with Gasteiger partial charge >= 0.3 is 5.97 Å². The van der Waals surface area contributed by atoms with E-state index in [4.69, 9.17) is 5.11 Å². The number of carboxylic acid groups (broad SMARTS) is 1. The van der Waals surface area contributed by atoms with E-state index < -0.39 is 5.97 Å². The first kappa shape index (κ1) is 8.31. The molecule has 1 N–H and O–H groups in total. The fraction of sp³-hybridized carbons (Fsp3) is 0.667. The maximum atomic E-state index is 10.3. The Morgan fingerprint density at radius 2 is 2.45 bits per heavy atom. The average Bonchev–Trinajstić information content (AvgIpc) is 1.85. The summed E-state index contributed by atoms with van der Waals surface area (Å²) in [6.07, 6.45) is 4.52. The molecule has 1 aliphatic carbocycles. The second-order valence-electron chi connectivity index (χ2n) is 3.31. The standard InChI is InChI=1S/C9H14O2/c1-7-3-2-4-8(5-7)6-9(10)11/h8H,1-6H2,(H,10,11). The molecule has 1 unspecified atom stereocenters. The van der Waals surface area contributed by atoms with Crippen molar-refractivity contribution in [2.45, 2.75) is 32.1 Å². The molecule has 0 radical (unpaired) electrons. The van der Waals surface area contributed by atoms with E-state index in [9.17, 15) is 4.79 Å². The second kappa shape index (κ2) is 3.56. The Balaban J connectivity index is 2.34. The van der Waals surface area contributed by atoms with Crippen molar-refractivity contribution in [3.05, 3.63) is 12.2 Å². The summed E-state index contributed by atoms with van der Waals surface area (Å²) in [7, 11) is 0. The zero-order chi connectivity index (χ0) is 8.27. The molecule has 1 rings (SSSR count). The van der Waals surface area contributed by atoms with E-state index in [-0.39, 0.29) is 0 Å². The van der Waals surface area contributed by atoms with Gasteiger partial charge in [-0.05, 0) is 31.6 Å². The first-order chi connectivity index (χ1) is 5.18. The van der Waals surface area contributed by atoms with Gasteiger partial charge in [0.1, 0.15) is 0 Å². The molecule has 1 fully saturated rings. The average molecular weight is 154 g/mol. The molecule has 2 nitrogen and oxygen atoms in total. The highest BCUT2D eigenvalue weighted by molar-refractivity contribution is 5.67. The van der Waals surface area contributed by atoms with Gasteiger partial charge in [-0.3, -0.25) is 4.79 Å². The summed E-state index contributed by atoms with van der Waals surface area (Å²) in [4.78, 5) is 10.3. The smallest absolute Gasteiger partial charge is 0.303 e. The lowest BCUT2D eigenvalue weighted by atomic mass is 9.84. The third-order valence-electron chi connectivity index (χ3n) is 2.18. The molecule has 0 aromatic rings. The Morgan fingerprint density at radius 3 is 3.00 bits per heavy atom. The summed E-state index contributed by atoms with van der Waals surface area (Å²) in [5, 5.41) is 8.52. The van der Waals surface area contributed by atoms with Crippen LogP contribution in [0, 0.1) is 5.92 Å². The van der Waals surface area contributed by atoms with E-state index in [0.717, 1.165) is 25.7 Å². The summed E-state index contributed by atoms with van der Waals surface area (Å²) in [6.45, 7) is 3.88. The van der Waals surface area contributed by atoms with Crippen LogP contribution in [0.5, 0.6) is 0 Å². The number of carboxylic acids is 1. The first-order valence-corrected chi connectivity index (χ1v) is 4.07. The normalized spacial score (nSPS) is 25.1. The van der Waals surface area contributed by atoms with Gasteiger partial charge in [-0.2, -0.15) is 0 Å². The highest BCUT2D eigenvalue weighted by Crippen LogP contribution is 2.29. The Kier molecular flexibility index (Phi) is 2.69. The fourth-order valence-corrected chi connectivity index (χ4v) is 1.67. The zero-order valence-corrected chi connectivity index (χ0v) is 6.68. The third kappa shape index (κ3) is 2.74. The topological polar surface area (TPSA) is 37.3 Å². The van der Waals surface area contributed by atoms with Gasteiger partial charge in [-0.25, -0.2) is 0 Å². The number of allylic oxidation sites excluding steroid dienone is 1. The summed E-state index contributed by atoms with van der Waals surface area (Å²) >= 11 is 0. The van der Waals surface area contributed by atoms with E-state index in [1.165, 1.54) is 5.57 Å². The highest BCUT2D eigenvalue weighted by Gasteiger charge is 2.17. The predicted molar refractivity (Wildman–Crippen MR) is 43.4 cm³/mol. The molecule has 0 saturated heterocycles. The van der Waals surface area contributed by atoms with Crippen molar-refractivity contribution in [2.75, 3.05) is 0 Å². The van der Waals surface area contributed by atoms with Crippen LogP contribution in [0.1, 0.15) is 32.1 Å². The zero-order valence-electron chi connectivity index (χ0n) is 6.68. The summed E-state index contributed by atoms with van der Waals surface area (Å²) in [5.41, 5.74) is 1.22. The Bertz CT molecular complexity index is 170. The van der Waals surface area contributed by atoms with Crippen molar-refractivity contribution in [3.8, 4) is 0 Å². The van der Waals surface area contributed by atoms with Gasteiger partial charge in [0.25, 0.3) is 0 Å². The highest BCUT2D eigenvalue weighted by atomic mass is 16.4. The molecule has 0 aliphatic heterocycles. The van der Waals surface area contributed by atoms with Gasteiger partial charge < -0.3 is 5.11 Å². The number of carbonyl (C=O) groups is 1. The van der Waals surface area contributed by atoms with Gasteiger partial charge in [0, 0.05) is 6.42 Å². The van der Waals surface area contributed by atoms with Crippen LogP contribution >= 0.6 is 0 Å². The van der Waals surface area contributed by atoms with Crippen molar-refractivity contribution < 1.29 is 9.90 Å². The maximum absolute atomic E-state index is 10.3. The van der Waals surface area contributed by atoms with Crippen LogP contribution in [-0.2, 0) is 4.79 Å². The van der Waals surface area contributed by atoms with Crippen LogP contribution in [0.15, 0.2) is 12.2 Å². The van der Waals surface area contributed by atoms with Crippen molar-refractivity contribution in [2.24, 2.45) is 5.92 Å². The molecule has 0 spiro atoms. The van der Waals surface area contributed by atoms with Gasteiger partial charge in [-0.15, -0.1) is 0 Å². The molecule has 0 bridgehead atoms. The second-order valence-corrected chi connectivity index (χ2v) is 3.31. The molecule has 0 amide bonds. The van der Waals surface area contributed by atoms with Crippen molar-refractivity contribution in [1.29, 1.82) is 0 Å². The summed E-state index contributed by atoms with van der Waals surface area (Å²) in [6, 6.07) is 0. The van der Waals surface area contributed by atoms with Crippen molar-refractivity contribution in [3.63, 3.8) is 0 Å². The van der Waals surface area contributed by atoms with E-state index in [1.807, 2.05) is 0 Å². The van der Waals surface area contributed by atoms with Crippen LogP contribution in [0.2, 0.25) is 0 Å². The summed E-state index contributed by atoms with van der Waals surface area (Å²) in [5.74, 6) is -0.321. The minimum atomic E-state index is -0.676. The molecule has 1 aliphatic rings. The number of rotatable bonds is 2. The van der Waals surface area contributed by atoms with Gasteiger partial charge in [0.05, 0.1) is 0 Å². The van der Waals surface area contributed by atoms with Gasteiger partial charge in [-0.1, -0.05) is 12.2 Å². The van der Waals surface area contributed by atoms with Gasteiger partial charge in [0.15, 0.2) is 0 Å². The van der Waals surface area contributed by atoms with Crippen LogP contribution in [0.25, 0.3) is 0 Å². The lowest BCUT2D eigenvalue weighted by molar-refractivity contribution is -0.138. The van der Waals surface area contributed by atoms with Gasteiger partial charge in [0.2, 0.25) is 0 Å². The third-order valence-corrected chi connectivity index (χ3v) is 2.18. The molecule has 2 heteroatoms. The molecule has 1 atom stereocenters. The molecule has 0 aromatic carbocycles. The molecule has 1 saturated carbocycles. The number of aliphatic carboxylic acids is 1. The maximum Gasteiger partial charge on any atom is 0.303 e. The van der Waals surface area contributed by atoms with Crippen LogP contribution < -0.4 is 0 Å². The van der Waals surface area contributed by atoms with E-state index >= 15 is 0 Å². The minimum absolute atomic E-state index is 0.318. The SMILES string of the molecule is C=C1CCCC(CC(=O)O)C1. The molecule has 0 aromatic heterocycles. The van der Waals surface area contributed by atoms with Crippen LogP contribution in [-0.4, -0.2) is 11.1 Å². The number of hydrogen-bond donors (Lipinski definition) is 1. The molecular formula is C9H14O2. The Labute approximate surface area is 66.9 Å². The first-order valence-electron chi connectivity index (χ1n) is 4.07. The Hall–Kier alpha value is -0.790. The van der Waals surface area contributed by atoms with Crippen LogP contribution in [0.3, 0.4) is 0 Å². The molecule has 0 heterocycles. The summed E-state index contributed by atoms with van der Waals surface area (Å²) < 4.78 is 0. The van der Waals surface area contributed by atoms with E-state index in [1.54, 1.807) is 0 Å². The monoisotopic (exact) mass is 154 g/mol. The Morgan fingerprint density at radius 1 is 1.73 bits per heavy atom. The quantitative estimate of drug-likeness (QED) is 0.619. The lowest BCUT2D eigenvalue weighted by Crippen LogP contribution is -2.12. The lowest BCUT2D eigenvalue weighted by Gasteiger charge is -2.21. The fourth-order valence-electron chi connectivity index (χ4n) is 1.67. The van der Waals surface area contributed by atoms with Crippen molar-refractivity contribution in [1.82, 2.24) is 0 Å². The minimum Gasteiger partial charge on any atom is -0.481 e. The largest absolute Gasteiger partial charge is 0.481 e.